The van der Waals surface area contributed by atoms with E-state index in [0.29, 0.717) is 27.8 Å². The van der Waals surface area contributed by atoms with Crippen LogP contribution in [0, 0.1) is 12.7 Å². The molecule has 39 heavy (non-hydrogen) atoms. The summed E-state index contributed by atoms with van der Waals surface area (Å²) in [6.45, 7) is 7.08. The summed E-state index contributed by atoms with van der Waals surface area (Å²) < 4.78 is 15.0. The molecular weight excluding hydrogens is 511 g/mol. The Labute approximate surface area is 232 Å². The van der Waals surface area contributed by atoms with Gasteiger partial charge in [-0.05, 0) is 69.0 Å². The van der Waals surface area contributed by atoms with Gasteiger partial charge >= 0.3 is 0 Å². The largest absolute Gasteiger partial charge is 0.382 e. The van der Waals surface area contributed by atoms with Crippen LogP contribution < -0.4 is 5.32 Å². The minimum absolute atomic E-state index is 0.275. The fourth-order valence-electron chi connectivity index (χ4n) is 4.64. The number of hydrogen-bond donors (Lipinski definition) is 2. The highest BCUT2D eigenvalue weighted by atomic mass is 35.5. The first-order valence-corrected chi connectivity index (χ1v) is 13.2. The van der Waals surface area contributed by atoms with Crippen molar-refractivity contribution in [1.29, 1.82) is 0 Å². The molecule has 5 nitrogen and oxygen atoms in total. The average molecular weight is 541 g/mol. The van der Waals surface area contributed by atoms with E-state index in [4.69, 9.17) is 11.6 Å². The van der Waals surface area contributed by atoms with Gasteiger partial charge in [-0.25, -0.2) is 14.4 Å². The van der Waals surface area contributed by atoms with Crippen molar-refractivity contribution < 1.29 is 9.50 Å². The van der Waals surface area contributed by atoms with Gasteiger partial charge in [0.15, 0.2) is 5.82 Å². The first-order chi connectivity index (χ1) is 18.6. The molecule has 1 atom stereocenters. The van der Waals surface area contributed by atoms with Crippen molar-refractivity contribution in [2.75, 3.05) is 5.32 Å². The molecule has 1 unspecified atom stereocenters. The Morgan fingerprint density at radius 2 is 1.67 bits per heavy atom. The minimum Gasteiger partial charge on any atom is -0.382 e. The molecule has 0 aliphatic rings. The molecule has 3 aromatic carbocycles. The highest BCUT2D eigenvalue weighted by molar-refractivity contribution is 6.35. The number of rotatable bonds is 7. The summed E-state index contributed by atoms with van der Waals surface area (Å²) in [6, 6.07) is 20.9. The molecule has 0 aliphatic heterocycles. The number of aryl methyl sites for hydroxylation is 1. The number of hydrogen-bond acceptors (Lipinski definition) is 5. The minimum atomic E-state index is -1.13. The molecule has 5 aromatic rings. The topological polar surface area (TPSA) is 70.9 Å². The smallest absolute Gasteiger partial charge is 0.159 e. The summed E-state index contributed by atoms with van der Waals surface area (Å²) in [6.07, 6.45) is 4.10. The standard InChI is InChI=1S/C32H30ClFN4O/c1-19(25-15-22(10-12-27(25)34)14-21-8-6-5-7-9-21)38-30-26-16-23(11-13-28(26)37-20(2)29(30)33)24-17-35-31(36-18-24)32(3,4)39/h5-13,15-19,39H,14H2,1-4H3,(H,37,38). The zero-order valence-corrected chi connectivity index (χ0v) is 23.1. The van der Waals surface area contributed by atoms with Gasteiger partial charge < -0.3 is 10.4 Å². The summed E-state index contributed by atoms with van der Waals surface area (Å²) in [5.41, 5.74) is 5.44. The van der Waals surface area contributed by atoms with Gasteiger partial charge in [0.2, 0.25) is 0 Å². The van der Waals surface area contributed by atoms with E-state index in [0.717, 1.165) is 34.0 Å². The molecule has 0 aliphatic carbocycles. The number of aliphatic hydroxyl groups is 1. The highest BCUT2D eigenvalue weighted by Crippen LogP contribution is 2.37. The first-order valence-electron chi connectivity index (χ1n) is 12.8. The Bertz CT molecular complexity index is 1630. The lowest BCUT2D eigenvalue weighted by molar-refractivity contribution is 0.0687. The lowest BCUT2D eigenvalue weighted by Crippen LogP contribution is -2.19. The number of benzene rings is 3. The lowest BCUT2D eigenvalue weighted by Gasteiger charge is -2.21. The monoisotopic (exact) mass is 540 g/mol. The van der Waals surface area contributed by atoms with Gasteiger partial charge in [0, 0.05) is 28.9 Å². The second kappa shape index (κ2) is 10.7. The average Bonchev–Trinajstić information content (AvgIpc) is 2.92. The zero-order chi connectivity index (χ0) is 27.7. The van der Waals surface area contributed by atoms with Gasteiger partial charge in [-0.3, -0.25) is 4.98 Å². The van der Waals surface area contributed by atoms with Gasteiger partial charge in [0.1, 0.15) is 11.4 Å². The van der Waals surface area contributed by atoms with Crippen LogP contribution in [0.4, 0.5) is 10.1 Å². The third kappa shape index (κ3) is 5.77. The second-order valence-corrected chi connectivity index (χ2v) is 10.7. The Hall–Kier alpha value is -3.87. The third-order valence-corrected chi connectivity index (χ3v) is 7.22. The summed E-state index contributed by atoms with van der Waals surface area (Å²) in [4.78, 5) is 13.3. The SMILES string of the molecule is Cc1nc2ccc(-c3cnc(C(C)(C)O)nc3)cc2c(NC(C)c2cc(Cc3ccccc3)ccc2F)c1Cl. The van der Waals surface area contributed by atoms with E-state index in [1.807, 2.05) is 62.4 Å². The van der Waals surface area contributed by atoms with Crippen molar-refractivity contribution in [2.45, 2.75) is 45.8 Å². The van der Waals surface area contributed by atoms with Gasteiger partial charge in [0.05, 0.1) is 28.0 Å². The first kappa shape index (κ1) is 26.7. The van der Waals surface area contributed by atoms with Crippen molar-refractivity contribution in [3.05, 3.63) is 118 Å². The van der Waals surface area contributed by atoms with Crippen LogP contribution in [-0.2, 0) is 12.0 Å². The number of pyridine rings is 1. The van der Waals surface area contributed by atoms with Crippen molar-refractivity contribution in [2.24, 2.45) is 0 Å². The van der Waals surface area contributed by atoms with Gasteiger partial charge in [0.25, 0.3) is 0 Å². The van der Waals surface area contributed by atoms with E-state index >= 15 is 4.39 Å². The van der Waals surface area contributed by atoms with E-state index in [1.54, 1.807) is 26.2 Å². The predicted molar refractivity (Wildman–Crippen MR) is 155 cm³/mol. The van der Waals surface area contributed by atoms with Crippen LogP contribution in [0.3, 0.4) is 0 Å². The van der Waals surface area contributed by atoms with Crippen molar-refractivity contribution >= 4 is 28.2 Å². The number of nitrogens with zero attached hydrogens (tertiary/aromatic N) is 3. The maximum Gasteiger partial charge on any atom is 0.159 e. The number of fused-ring (bicyclic) bond motifs is 1. The summed E-state index contributed by atoms with van der Waals surface area (Å²) >= 11 is 6.78. The predicted octanol–water partition coefficient (Wildman–Crippen LogP) is 7.78. The molecule has 0 spiro atoms. The highest BCUT2D eigenvalue weighted by Gasteiger charge is 2.20. The van der Waals surface area contributed by atoms with Crippen LogP contribution in [0.5, 0.6) is 0 Å². The van der Waals surface area contributed by atoms with E-state index in [2.05, 4.69) is 32.4 Å². The molecule has 2 aromatic heterocycles. The van der Waals surface area contributed by atoms with Crippen molar-refractivity contribution in [3.8, 4) is 11.1 Å². The molecule has 7 heteroatoms. The van der Waals surface area contributed by atoms with Crippen LogP contribution in [-0.4, -0.2) is 20.1 Å². The Balaban J connectivity index is 1.50. The van der Waals surface area contributed by atoms with Gasteiger partial charge in [-0.2, -0.15) is 0 Å². The van der Waals surface area contributed by atoms with Crippen LogP contribution in [0.1, 0.15) is 55.0 Å². The van der Waals surface area contributed by atoms with Gasteiger partial charge in [-0.1, -0.05) is 60.1 Å². The quantitative estimate of drug-likeness (QED) is 0.220. The molecule has 0 radical (unpaired) electrons. The Kier molecular flexibility index (Phi) is 7.34. The maximum absolute atomic E-state index is 15.0. The van der Waals surface area contributed by atoms with Crippen molar-refractivity contribution in [3.63, 3.8) is 0 Å². The fourth-order valence-corrected chi connectivity index (χ4v) is 4.84. The van der Waals surface area contributed by atoms with E-state index in [-0.39, 0.29) is 11.9 Å². The van der Waals surface area contributed by atoms with Crippen LogP contribution in [0.15, 0.2) is 79.1 Å². The van der Waals surface area contributed by atoms with E-state index in [1.165, 1.54) is 11.6 Å². The fraction of sp³-hybridized carbons (Fsp3) is 0.219. The third-order valence-electron chi connectivity index (χ3n) is 6.76. The Morgan fingerprint density at radius 3 is 2.36 bits per heavy atom. The molecule has 0 bridgehead atoms. The second-order valence-electron chi connectivity index (χ2n) is 10.4. The van der Waals surface area contributed by atoms with E-state index < -0.39 is 5.60 Å². The molecule has 0 fully saturated rings. The van der Waals surface area contributed by atoms with Crippen LogP contribution >= 0.6 is 11.6 Å². The summed E-state index contributed by atoms with van der Waals surface area (Å²) in [7, 11) is 0. The summed E-state index contributed by atoms with van der Waals surface area (Å²) in [5, 5.41) is 15.0. The number of anilines is 1. The van der Waals surface area contributed by atoms with E-state index in [9.17, 15) is 5.11 Å². The number of nitrogens with one attached hydrogen (secondary N) is 1. The molecular formula is C32H30ClFN4O. The molecule has 0 amide bonds. The Morgan fingerprint density at radius 1 is 0.949 bits per heavy atom. The maximum atomic E-state index is 15.0. The molecule has 0 saturated carbocycles. The van der Waals surface area contributed by atoms with Crippen LogP contribution in [0.2, 0.25) is 5.02 Å². The number of aromatic nitrogens is 3. The van der Waals surface area contributed by atoms with Crippen LogP contribution in [0.25, 0.3) is 22.0 Å². The van der Waals surface area contributed by atoms with Gasteiger partial charge in [-0.15, -0.1) is 0 Å². The molecule has 2 heterocycles. The summed E-state index contributed by atoms with van der Waals surface area (Å²) in [5.74, 6) is 0.0721. The molecule has 5 rings (SSSR count). The molecule has 198 valence electrons. The normalized spacial score (nSPS) is 12.5. The lowest BCUT2D eigenvalue weighted by atomic mass is 9.99. The zero-order valence-electron chi connectivity index (χ0n) is 22.3. The molecule has 2 N–H and O–H groups in total. The number of halogens is 2. The van der Waals surface area contributed by atoms with Crippen molar-refractivity contribution in [1.82, 2.24) is 15.0 Å². The molecule has 0 saturated heterocycles.